The molecule has 0 saturated heterocycles. The summed E-state index contributed by atoms with van der Waals surface area (Å²) in [6.07, 6.45) is 3.14. The summed E-state index contributed by atoms with van der Waals surface area (Å²) in [5.74, 6) is 0.697. The monoisotopic (exact) mass is 208 g/mol. The summed E-state index contributed by atoms with van der Waals surface area (Å²) in [5, 5.41) is 0. The van der Waals surface area contributed by atoms with Crippen LogP contribution < -0.4 is 0 Å². The van der Waals surface area contributed by atoms with E-state index in [1.165, 1.54) is 22.3 Å². The fourth-order valence-corrected chi connectivity index (χ4v) is 1.70. The van der Waals surface area contributed by atoms with E-state index < -0.39 is 0 Å². The molecule has 1 heteroatoms. The number of halogens is 1. The SMILES string of the molecule is C/C(=C/CCCl)c1cc(C)cc(C)c1. The van der Waals surface area contributed by atoms with Crippen molar-refractivity contribution in [1.82, 2.24) is 0 Å². The van der Waals surface area contributed by atoms with Crippen LogP contribution in [0.5, 0.6) is 0 Å². The summed E-state index contributed by atoms with van der Waals surface area (Å²) in [7, 11) is 0. The molecule has 1 aromatic rings. The Labute approximate surface area is 91.6 Å². The zero-order valence-corrected chi connectivity index (χ0v) is 9.86. The Bertz CT molecular complexity index is 317. The van der Waals surface area contributed by atoms with E-state index in [9.17, 15) is 0 Å². The van der Waals surface area contributed by atoms with E-state index in [2.05, 4.69) is 45.0 Å². The van der Waals surface area contributed by atoms with Gasteiger partial charge in [-0.2, -0.15) is 0 Å². The molecule has 0 bridgehead atoms. The Kier molecular flexibility index (Phi) is 4.21. The van der Waals surface area contributed by atoms with Crippen molar-refractivity contribution in [2.45, 2.75) is 27.2 Å². The molecule has 0 atom stereocenters. The smallest absolute Gasteiger partial charge is 0.0258 e. The maximum atomic E-state index is 5.65. The van der Waals surface area contributed by atoms with Crippen molar-refractivity contribution in [3.8, 4) is 0 Å². The second kappa shape index (κ2) is 5.21. The van der Waals surface area contributed by atoms with Gasteiger partial charge in [-0.25, -0.2) is 0 Å². The van der Waals surface area contributed by atoms with Crippen LogP contribution in [0.3, 0.4) is 0 Å². The first-order chi connectivity index (χ1) is 6.63. The molecule has 0 heterocycles. The van der Waals surface area contributed by atoms with Gasteiger partial charge < -0.3 is 0 Å². The Morgan fingerprint density at radius 2 is 1.79 bits per heavy atom. The topological polar surface area (TPSA) is 0 Å². The molecule has 0 aliphatic rings. The molecule has 0 unspecified atom stereocenters. The Balaban J connectivity index is 2.95. The van der Waals surface area contributed by atoms with Crippen LogP contribution in [0.25, 0.3) is 5.57 Å². The lowest BCUT2D eigenvalue weighted by atomic mass is 10.0. The zero-order valence-electron chi connectivity index (χ0n) is 9.10. The van der Waals surface area contributed by atoms with Crippen LogP contribution in [-0.2, 0) is 0 Å². The van der Waals surface area contributed by atoms with Crippen molar-refractivity contribution in [3.05, 3.63) is 41.0 Å². The minimum Gasteiger partial charge on any atom is -0.126 e. The highest BCUT2D eigenvalue weighted by Gasteiger charge is 1.97. The van der Waals surface area contributed by atoms with Crippen molar-refractivity contribution in [1.29, 1.82) is 0 Å². The molecule has 1 aromatic carbocycles. The van der Waals surface area contributed by atoms with Gasteiger partial charge in [0.05, 0.1) is 0 Å². The molecule has 0 spiro atoms. The Hall–Kier alpha value is -0.750. The molecule has 76 valence electrons. The summed E-state index contributed by atoms with van der Waals surface area (Å²) < 4.78 is 0. The van der Waals surface area contributed by atoms with E-state index in [0.717, 1.165) is 6.42 Å². The quantitative estimate of drug-likeness (QED) is 0.649. The fourth-order valence-electron chi connectivity index (χ4n) is 1.59. The second-order valence-corrected chi connectivity index (χ2v) is 4.12. The maximum absolute atomic E-state index is 5.65. The lowest BCUT2D eigenvalue weighted by Crippen LogP contribution is -1.85. The average Bonchev–Trinajstić information content (AvgIpc) is 2.12. The van der Waals surface area contributed by atoms with Gasteiger partial charge in [0.2, 0.25) is 0 Å². The first kappa shape index (κ1) is 11.3. The van der Waals surface area contributed by atoms with Gasteiger partial charge >= 0.3 is 0 Å². The second-order valence-electron chi connectivity index (χ2n) is 3.74. The van der Waals surface area contributed by atoms with Crippen molar-refractivity contribution in [3.63, 3.8) is 0 Å². The van der Waals surface area contributed by atoms with Crippen LogP contribution in [-0.4, -0.2) is 5.88 Å². The van der Waals surface area contributed by atoms with Crippen LogP contribution in [0.1, 0.15) is 30.0 Å². The lowest BCUT2D eigenvalue weighted by molar-refractivity contribution is 1.23. The number of alkyl halides is 1. The third kappa shape index (κ3) is 3.19. The fraction of sp³-hybridized carbons (Fsp3) is 0.385. The molecule has 0 nitrogen and oxygen atoms in total. The largest absolute Gasteiger partial charge is 0.126 e. The number of benzene rings is 1. The first-order valence-corrected chi connectivity index (χ1v) is 5.48. The molecule has 0 aliphatic carbocycles. The highest BCUT2D eigenvalue weighted by molar-refractivity contribution is 6.17. The van der Waals surface area contributed by atoms with Crippen LogP contribution in [0, 0.1) is 13.8 Å². The summed E-state index contributed by atoms with van der Waals surface area (Å²) >= 11 is 5.65. The van der Waals surface area contributed by atoms with E-state index in [1.54, 1.807) is 0 Å². The predicted molar refractivity (Wildman–Crippen MR) is 64.9 cm³/mol. The molecule has 14 heavy (non-hydrogen) atoms. The highest BCUT2D eigenvalue weighted by Crippen LogP contribution is 2.18. The van der Waals surface area contributed by atoms with E-state index in [1.807, 2.05) is 0 Å². The normalized spacial score (nSPS) is 11.9. The maximum Gasteiger partial charge on any atom is 0.0258 e. The molecular weight excluding hydrogens is 192 g/mol. The third-order valence-electron chi connectivity index (χ3n) is 2.24. The Morgan fingerprint density at radius 3 is 2.29 bits per heavy atom. The van der Waals surface area contributed by atoms with E-state index >= 15 is 0 Å². The molecule has 0 fully saturated rings. The van der Waals surface area contributed by atoms with Gasteiger partial charge in [-0.3, -0.25) is 0 Å². The van der Waals surface area contributed by atoms with Gasteiger partial charge in [0.15, 0.2) is 0 Å². The average molecular weight is 209 g/mol. The number of hydrogen-bond acceptors (Lipinski definition) is 0. The zero-order chi connectivity index (χ0) is 10.6. The van der Waals surface area contributed by atoms with Crippen LogP contribution >= 0.6 is 11.6 Å². The van der Waals surface area contributed by atoms with Crippen LogP contribution in [0.15, 0.2) is 24.3 Å². The van der Waals surface area contributed by atoms with Gasteiger partial charge in [-0.05, 0) is 38.3 Å². The summed E-state index contributed by atoms with van der Waals surface area (Å²) in [5.41, 5.74) is 5.27. The summed E-state index contributed by atoms with van der Waals surface area (Å²) in [6.45, 7) is 6.40. The molecule has 1 rings (SSSR count). The van der Waals surface area contributed by atoms with E-state index in [0.29, 0.717) is 5.88 Å². The van der Waals surface area contributed by atoms with Crippen molar-refractivity contribution < 1.29 is 0 Å². The van der Waals surface area contributed by atoms with Gasteiger partial charge in [0, 0.05) is 5.88 Å². The molecule has 0 N–H and O–H groups in total. The molecular formula is C13H17Cl. The number of hydrogen-bond donors (Lipinski definition) is 0. The van der Waals surface area contributed by atoms with Gasteiger partial charge in [-0.1, -0.05) is 35.4 Å². The molecule has 0 saturated carbocycles. The van der Waals surface area contributed by atoms with Crippen LogP contribution in [0.4, 0.5) is 0 Å². The summed E-state index contributed by atoms with van der Waals surface area (Å²) in [4.78, 5) is 0. The van der Waals surface area contributed by atoms with Crippen LogP contribution in [0.2, 0.25) is 0 Å². The number of aryl methyl sites for hydroxylation is 2. The standard InChI is InChI=1S/C13H17Cl/c1-10-7-11(2)9-13(8-10)12(3)5-4-6-14/h5,7-9H,4,6H2,1-3H3/b12-5-. The predicted octanol–water partition coefficient (Wildman–Crippen LogP) is 4.34. The van der Waals surface area contributed by atoms with Crippen molar-refractivity contribution in [2.75, 3.05) is 5.88 Å². The minimum absolute atomic E-state index is 0.697. The number of rotatable bonds is 3. The third-order valence-corrected chi connectivity index (χ3v) is 2.45. The Morgan fingerprint density at radius 1 is 1.21 bits per heavy atom. The molecule has 0 radical (unpaired) electrons. The molecule has 0 amide bonds. The van der Waals surface area contributed by atoms with Gasteiger partial charge in [-0.15, -0.1) is 11.6 Å². The van der Waals surface area contributed by atoms with Crippen molar-refractivity contribution >= 4 is 17.2 Å². The highest BCUT2D eigenvalue weighted by atomic mass is 35.5. The minimum atomic E-state index is 0.697. The molecule has 0 aliphatic heterocycles. The van der Waals surface area contributed by atoms with E-state index in [-0.39, 0.29) is 0 Å². The summed E-state index contributed by atoms with van der Waals surface area (Å²) in [6, 6.07) is 6.62. The van der Waals surface area contributed by atoms with Crippen molar-refractivity contribution in [2.24, 2.45) is 0 Å². The van der Waals surface area contributed by atoms with E-state index in [4.69, 9.17) is 11.6 Å². The van der Waals surface area contributed by atoms with Gasteiger partial charge in [0.1, 0.15) is 0 Å². The first-order valence-electron chi connectivity index (χ1n) is 4.95. The molecule has 0 aromatic heterocycles. The number of allylic oxidation sites excluding steroid dienone is 2. The lowest BCUT2D eigenvalue weighted by Gasteiger charge is -2.05. The van der Waals surface area contributed by atoms with Gasteiger partial charge in [0.25, 0.3) is 0 Å².